The van der Waals surface area contributed by atoms with Gasteiger partial charge in [-0.15, -0.1) is 0 Å². The first-order valence-electron chi connectivity index (χ1n) is 5.38. The van der Waals surface area contributed by atoms with Crippen molar-refractivity contribution in [2.45, 2.75) is 12.5 Å². The first-order chi connectivity index (χ1) is 7.65. The van der Waals surface area contributed by atoms with Crippen molar-refractivity contribution >= 4 is 17.3 Å². The molecule has 3 nitrogen and oxygen atoms in total. The topological polar surface area (TPSA) is 41.3 Å². The zero-order chi connectivity index (χ0) is 12.0. The largest absolute Gasteiger partial charge is 0.376 e. The van der Waals surface area contributed by atoms with E-state index >= 15 is 0 Å². The molecule has 3 N–H and O–H groups in total. The monoisotopic (exact) mass is 237 g/mol. The molecule has 1 aliphatic rings. The summed E-state index contributed by atoms with van der Waals surface area (Å²) < 4.78 is 0. The number of nitrogens with two attached hydrogens (primary N) is 1. The maximum absolute atomic E-state index is 5.45. The SMILES string of the molecule is C=C/C=C(\C=C)CN1CCC(NC(N)=S)C1. The molecule has 0 spiro atoms. The summed E-state index contributed by atoms with van der Waals surface area (Å²) in [5, 5.41) is 3.48. The summed E-state index contributed by atoms with van der Waals surface area (Å²) in [7, 11) is 0. The molecule has 1 saturated heterocycles. The minimum Gasteiger partial charge on any atom is -0.376 e. The molecular weight excluding hydrogens is 218 g/mol. The van der Waals surface area contributed by atoms with E-state index in [1.165, 1.54) is 5.57 Å². The molecule has 0 saturated carbocycles. The number of likely N-dealkylation sites (tertiary alicyclic amines) is 1. The number of nitrogens with zero attached hydrogens (tertiary/aromatic N) is 1. The van der Waals surface area contributed by atoms with E-state index in [-0.39, 0.29) is 0 Å². The van der Waals surface area contributed by atoms with Gasteiger partial charge in [0.25, 0.3) is 0 Å². The molecule has 0 aromatic carbocycles. The molecule has 0 radical (unpaired) electrons. The first-order valence-corrected chi connectivity index (χ1v) is 5.79. The Balaban J connectivity index is 2.41. The molecular formula is C12H19N3S. The lowest BCUT2D eigenvalue weighted by atomic mass is 10.2. The second kappa shape index (κ2) is 6.45. The van der Waals surface area contributed by atoms with E-state index in [9.17, 15) is 0 Å². The molecule has 4 heteroatoms. The maximum atomic E-state index is 5.45. The number of hydrogen-bond donors (Lipinski definition) is 2. The number of rotatable bonds is 5. The van der Waals surface area contributed by atoms with Crippen LogP contribution in [0.1, 0.15) is 6.42 Å². The van der Waals surface area contributed by atoms with Crippen LogP contribution in [0.15, 0.2) is 37.0 Å². The van der Waals surface area contributed by atoms with E-state index in [0.717, 1.165) is 26.1 Å². The van der Waals surface area contributed by atoms with Gasteiger partial charge in [-0.05, 0) is 24.2 Å². The number of allylic oxidation sites excluding steroid dienone is 2. The van der Waals surface area contributed by atoms with Gasteiger partial charge < -0.3 is 11.1 Å². The number of hydrogen-bond acceptors (Lipinski definition) is 2. The van der Waals surface area contributed by atoms with Gasteiger partial charge in [0.05, 0.1) is 0 Å². The normalized spacial score (nSPS) is 21.8. The molecule has 16 heavy (non-hydrogen) atoms. The molecule has 0 bridgehead atoms. The minimum absolute atomic E-state index is 0.382. The van der Waals surface area contributed by atoms with Gasteiger partial charge in [-0.2, -0.15) is 0 Å². The molecule has 1 unspecified atom stereocenters. The average molecular weight is 237 g/mol. The van der Waals surface area contributed by atoms with Crippen LogP contribution in [0.3, 0.4) is 0 Å². The fourth-order valence-electron chi connectivity index (χ4n) is 1.89. The Labute approximate surface area is 103 Å². The minimum atomic E-state index is 0.382. The highest BCUT2D eigenvalue weighted by molar-refractivity contribution is 7.80. The molecule has 1 rings (SSSR count). The summed E-state index contributed by atoms with van der Waals surface area (Å²) in [5.41, 5.74) is 6.64. The van der Waals surface area contributed by atoms with E-state index in [2.05, 4.69) is 23.4 Å². The van der Waals surface area contributed by atoms with Crippen molar-refractivity contribution in [3.63, 3.8) is 0 Å². The van der Waals surface area contributed by atoms with Crippen LogP contribution >= 0.6 is 12.2 Å². The zero-order valence-electron chi connectivity index (χ0n) is 9.48. The van der Waals surface area contributed by atoms with E-state index < -0.39 is 0 Å². The van der Waals surface area contributed by atoms with E-state index in [1.807, 2.05) is 12.2 Å². The Morgan fingerprint density at radius 3 is 2.88 bits per heavy atom. The molecule has 1 heterocycles. The van der Waals surface area contributed by atoms with E-state index in [4.69, 9.17) is 18.0 Å². The lowest BCUT2D eigenvalue weighted by molar-refractivity contribution is 0.363. The predicted octanol–water partition coefficient (Wildman–Crippen LogP) is 1.19. The van der Waals surface area contributed by atoms with Gasteiger partial charge in [0, 0.05) is 25.7 Å². The maximum Gasteiger partial charge on any atom is 0.163 e. The molecule has 0 aliphatic carbocycles. The first kappa shape index (κ1) is 12.9. The highest BCUT2D eigenvalue weighted by Gasteiger charge is 2.22. The molecule has 1 aliphatic heterocycles. The van der Waals surface area contributed by atoms with Crippen LogP contribution in [0, 0.1) is 0 Å². The van der Waals surface area contributed by atoms with Crippen molar-refractivity contribution in [3.05, 3.63) is 37.0 Å². The van der Waals surface area contributed by atoms with Crippen molar-refractivity contribution in [3.8, 4) is 0 Å². The Bertz CT molecular complexity index is 309. The standard InChI is InChI=1S/C12H19N3S/c1-3-5-10(4-2)8-15-7-6-11(9-15)14-12(13)16/h3-5,11H,1-2,6-9H2,(H3,13,14,16)/b10-5+. The highest BCUT2D eigenvalue weighted by atomic mass is 32.1. The van der Waals surface area contributed by atoms with Crippen molar-refractivity contribution in [1.29, 1.82) is 0 Å². The van der Waals surface area contributed by atoms with Crippen LogP contribution in [0.2, 0.25) is 0 Å². The summed E-state index contributed by atoms with van der Waals surface area (Å²) >= 11 is 4.83. The van der Waals surface area contributed by atoms with Gasteiger partial charge >= 0.3 is 0 Å². The lowest BCUT2D eigenvalue weighted by Crippen LogP contribution is -2.40. The molecule has 88 valence electrons. The summed E-state index contributed by atoms with van der Waals surface area (Å²) in [6, 6.07) is 0.382. The third kappa shape index (κ3) is 4.16. The summed E-state index contributed by atoms with van der Waals surface area (Å²) in [5.74, 6) is 0. The second-order valence-corrected chi connectivity index (χ2v) is 4.35. The summed E-state index contributed by atoms with van der Waals surface area (Å²) in [6.45, 7) is 10.4. The van der Waals surface area contributed by atoms with Crippen LogP contribution in [0.25, 0.3) is 0 Å². The molecule has 0 aromatic rings. The molecule has 1 fully saturated rings. The molecule has 0 amide bonds. The lowest BCUT2D eigenvalue weighted by Gasteiger charge is -2.17. The molecule has 0 aromatic heterocycles. The number of nitrogens with one attached hydrogen (secondary N) is 1. The fourth-order valence-corrected chi connectivity index (χ4v) is 2.06. The average Bonchev–Trinajstić information content (AvgIpc) is 2.64. The van der Waals surface area contributed by atoms with Gasteiger partial charge in [0.2, 0.25) is 0 Å². The van der Waals surface area contributed by atoms with Crippen LogP contribution in [0.4, 0.5) is 0 Å². The van der Waals surface area contributed by atoms with Crippen molar-refractivity contribution in [2.75, 3.05) is 19.6 Å². The van der Waals surface area contributed by atoms with Crippen LogP contribution in [-0.4, -0.2) is 35.7 Å². The smallest absolute Gasteiger partial charge is 0.163 e. The van der Waals surface area contributed by atoms with Crippen molar-refractivity contribution in [1.82, 2.24) is 10.2 Å². The Morgan fingerprint density at radius 2 is 2.31 bits per heavy atom. The summed E-state index contributed by atoms with van der Waals surface area (Å²) in [4.78, 5) is 2.35. The molecule has 1 atom stereocenters. The van der Waals surface area contributed by atoms with Crippen LogP contribution < -0.4 is 11.1 Å². The fraction of sp³-hybridized carbons (Fsp3) is 0.417. The van der Waals surface area contributed by atoms with Gasteiger partial charge in [0.15, 0.2) is 5.11 Å². The number of thiocarbonyl (C=S) groups is 1. The van der Waals surface area contributed by atoms with Gasteiger partial charge in [-0.3, -0.25) is 4.90 Å². The Hall–Kier alpha value is -1.13. The van der Waals surface area contributed by atoms with E-state index in [1.54, 1.807) is 6.08 Å². The Morgan fingerprint density at radius 1 is 1.56 bits per heavy atom. The van der Waals surface area contributed by atoms with E-state index in [0.29, 0.717) is 11.2 Å². The van der Waals surface area contributed by atoms with Crippen LogP contribution in [-0.2, 0) is 0 Å². The predicted molar refractivity (Wildman–Crippen MR) is 73.2 cm³/mol. The van der Waals surface area contributed by atoms with Gasteiger partial charge in [-0.1, -0.05) is 31.4 Å². The van der Waals surface area contributed by atoms with Crippen molar-refractivity contribution in [2.24, 2.45) is 5.73 Å². The zero-order valence-corrected chi connectivity index (χ0v) is 10.3. The summed E-state index contributed by atoms with van der Waals surface area (Å²) in [6.07, 6.45) is 6.73. The highest BCUT2D eigenvalue weighted by Crippen LogP contribution is 2.11. The quantitative estimate of drug-likeness (QED) is 0.557. The Kier molecular flexibility index (Phi) is 5.22. The van der Waals surface area contributed by atoms with Crippen LogP contribution in [0.5, 0.6) is 0 Å². The third-order valence-corrected chi connectivity index (χ3v) is 2.74. The van der Waals surface area contributed by atoms with Gasteiger partial charge in [-0.25, -0.2) is 0 Å². The second-order valence-electron chi connectivity index (χ2n) is 3.91. The third-order valence-electron chi connectivity index (χ3n) is 2.62. The van der Waals surface area contributed by atoms with Gasteiger partial charge in [0.1, 0.15) is 0 Å². The van der Waals surface area contributed by atoms with Crippen molar-refractivity contribution < 1.29 is 0 Å².